The molecule has 1 aromatic carbocycles. The molecule has 0 spiro atoms. The Kier molecular flexibility index (Phi) is 4.91. The molecule has 1 aromatic rings. The van der Waals surface area contributed by atoms with Crippen molar-refractivity contribution in [2.75, 3.05) is 0 Å². The second-order valence-corrected chi connectivity index (χ2v) is 7.14. The highest BCUT2D eigenvalue weighted by molar-refractivity contribution is 7.84. The molecule has 0 aromatic heterocycles. The number of hydrogen-bond donors (Lipinski definition) is 1. The topological polar surface area (TPSA) is 29.1 Å². The molecular weight excluding hydrogens is 301 g/mol. The Morgan fingerprint density at radius 3 is 2.10 bits per heavy atom. The van der Waals surface area contributed by atoms with Gasteiger partial charge in [-0.15, -0.1) is 0 Å². The second-order valence-electron chi connectivity index (χ2n) is 5.14. The van der Waals surface area contributed by atoms with E-state index in [-0.39, 0.29) is 0 Å². The first kappa shape index (κ1) is 17.0. The van der Waals surface area contributed by atoms with Crippen LogP contribution < -0.4 is 4.72 Å². The van der Waals surface area contributed by atoms with E-state index in [2.05, 4.69) is 0 Å². The smallest absolute Gasteiger partial charge is 0.242 e. The summed E-state index contributed by atoms with van der Waals surface area (Å²) in [5.41, 5.74) is -0.795. The van der Waals surface area contributed by atoms with Crippen molar-refractivity contribution in [2.24, 2.45) is 0 Å². The van der Waals surface area contributed by atoms with Crippen LogP contribution in [0, 0.1) is 11.6 Å². The third kappa shape index (κ3) is 4.24. The maximum atomic E-state index is 13.5. The van der Waals surface area contributed by atoms with Crippen molar-refractivity contribution in [3.8, 4) is 0 Å². The Balaban J connectivity index is 3.18. The van der Waals surface area contributed by atoms with Gasteiger partial charge in [0.05, 0.1) is 15.7 Å². The predicted octanol–water partition coefficient (Wildman–Crippen LogP) is 3.62. The molecule has 0 aliphatic carbocycles. The number of rotatable bonds is 3. The fourth-order valence-electron chi connectivity index (χ4n) is 1.33. The van der Waals surface area contributed by atoms with Gasteiger partial charge in [-0.05, 0) is 26.8 Å². The molecule has 8 heteroatoms. The van der Waals surface area contributed by atoms with Crippen molar-refractivity contribution in [2.45, 2.75) is 37.7 Å². The molecule has 1 rings (SSSR count). The van der Waals surface area contributed by atoms with Gasteiger partial charge in [-0.2, -0.15) is 13.2 Å². The first-order chi connectivity index (χ1) is 8.93. The molecule has 0 radical (unpaired) electrons. The summed E-state index contributed by atoms with van der Waals surface area (Å²) < 4.78 is 77.9. The molecule has 2 atom stereocenters. The fraction of sp³-hybridized carbons (Fsp3) is 0.500. The van der Waals surface area contributed by atoms with Gasteiger partial charge in [0.15, 0.2) is 0 Å². The molecular formula is C12H14F5NOS. The molecule has 0 saturated heterocycles. The van der Waals surface area contributed by atoms with Crippen LogP contribution in [-0.4, -0.2) is 15.1 Å². The molecule has 0 aliphatic rings. The van der Waals surface area contributed by atoms with E-state index < -0.39 is 45.1 Å². The van der Waals surface area contributed by atoms with Crippen LogP contribution in [0.5, 0.6) is 0 Å². The average molecular weight is 315 g/mol. The van der Waals surface area contributed by atoms with Gasteiger partial charge >= 0.3 is 6.18 Å². The van der Waals surface area contributed by atoms with Crippen LogP contribution in [0.4, 0.5) is 22.0 Å². The summed E-state index contributed by atoms with van der Waals surface area (Å²) in [4.78, 5) is 0. The lowest BCUT2D eigenvalue weighted by atomic mass is 10.1. The summed E-state index contributed by atoms with van der Waals surface area (Å²) in [5, 5.41) is 0. The zero-order chi connectivity index (χ0) is 15.7. The standard InChI is InChI=1S/C12H14F5NOS/c1-11(2,3)20(19)18-10(12(15,16)17)8-5-4-7(13)6-9(8)14/h4-6,10,18H,1-3H3/t10-,20+/m0/s1. The van der Waals surface area contributed by atoms with E-state index >= 15 is 0 Å². The largest absolute Gasteiger partial charge is 0.408 e. The van der Waals surface area contributed by atoms with Gasteiger partial charge in [-0.1, -0.05) is 6.07 Å². The summed E-state index contributed by atoms with van der Waals surface area (Å²) in [6, 6.07) is -0.701. The highest BCUT2D eigenvalue weighted by atomic mass is 32.2. The van der Waals surface area contributed by atoms with E-state index in [1.54, 1.807) is 0 Å². The second kappa shape index (κ2) is 5.77. The first-order valence-electron chi connectivity index (χ1n) is 5.62. The zero-order valence-electron chi connectivity index (χ0n) is 11.0. The van der Waals surface area contributed by atoms with Gasteiger partial charge in [0.2, 0.25) is 0 Å². The number of halogens is 5. The van der Waals surface area contributed by atoms with Crippen LogP contribution in [0.2, 0.25) is 0 Å². The summed E-state index contributed by atoms with van der Waals surface area (Å²) >= 11 is 0. The quantitative estimate of drug-likeness (QED) is 0.848. The molecule has 20 heavy (non-hydrogen) atoms. The normalized spacial score (nSPS) is 16.0. The van der Waals surface area contributed by atoms with Crippen LogP contribution in [0.25, 0.3) is 0 Å². The Hall–Kier alpha value is -1.02. The average Bonchev–Trinajstić information content (AvgIpc) is 2.23. The van der Waals surface area contributed by atoms with Crippen LogP contribution in [-0.2, 0) is 11.0 Å². The molecule has 0 saturated carbocycles. The van der Waals surface area contributed by atoms with E-state index in [9.17, 15) is 26.2 Å². The number of benzene rings is 1. The van der Waals surface area contributed by atoms with Crippen molar-refractivity contribution in [1.82, 2.24) is 4.72 Å². The van der Waals surface area contributed by atoms with E-state index in [1.807, 2.05) is 4.72 Å². The first-order valence-corrected chi connectivity index (χ1v) is 6.77. The minimum Gasteiger partial charge on any atom is -0.242 e. The predicted molar refractivity (Wildman–Crippen MR) is 66.2 cm³/mol. The maximum absolute atomic E-state index is 13.5. The van der Waals surface area contributed by atoms with Crippen molar-refractivity contribution in [3.05, 3.63) is 35.4 Å². The molecule has 0 unspecified atom stereocenters. The van der Waals surface area contributed by atoms with E-state index in [4.69, 9.17) is 0 Å². The Morgan fingerprint density at radius 1 is 1.15 bits per heavy atom. The van der Waals surface area contributed by atoms with Crippen LogP contribution in [0.3, 0.4) is 0 Å². The zero-order valence-corrected chi connectivity index (χ0v) is 11.8. The Bertz CT molecular complexity index is 510. The SMILES string of the molecule is CC(C)(C)[S@@](=O)N[C@@H](c1ccc(F)cc1F)C(F)(F)F. The number of hydrogen-bond acceptors (Lipinski definition) is 1. The van der Waals surface area contributed by atoms with Gasteiger partial charge in [-0.25, -0.2) is 17.7 Å². The van der Waals surface area contributed by atoms with Crippen molar-refractivity contribution >= 4 is 11.0 Å². The summed E-state index contributed by atoms with van der Waals surface area (Å²) in [7, 11) is -2.06. The molecule has 0 amide bonds. The van der Waals surface area contributed by atoms with Crippen LogP contribution >= 0.6 is 0 Å². The van der Waals surface area contributed by atoms with Gasteiger partial charge in [0.25, 0.3) is 0 Å². The minimum atomic E-state index is -4.86. The fourth-order valence-corrected chi connectivity index (χ4v) is 2.15. The molecule has 0 bridgehead atoms. The molecule has 2 nitrogen and oxygen atoms in total. The number of alkyl halides is 3. The third-order valence-corrected chi connectivity index (χ3v) is 3.94. The van der Waals surface area contributed by atoms with E-state index in [0.717, 1.165) is 6.07 Å². The van der Waals surface area contributed by atoms with Crippen molar-refractivity contribution in [1.29, 1.82) is 0 Å². The van der Waals surface area contributed by atoms with E-state index in [0.29, 0.717) is 12.1 Å². The van der Waals surface area contributed by atoms with Crippen LogP contribution in [0.1, 0.15) is 32.4 Å². The van der Waals surface area contributed by atoms with Crippen molar-refractivity contribution in [3.63, 3.8) is 0 Å². The highest BCUT2D eigenvalue weighted by Gasteiger charge is 2.44. The lowest BCUT2D eigenvalue weighted by molar-refractivity contribution is -0.153. The molecule has 0 aliphatic heterocycles. The Labute approximate surface area is 116 Å². The summed E-state index contributed by atoms with van der Waals surface area (Å²) in [6.45, 7) is 4.43. The molecule has 0 fully saturated rings. The highest BCUT2D eigenvalue weighted by Crippen LogP contribution is 2.35. The third-order valence-electron chi connectivity index (χ3n) is 2.38. The van der Waals surface area contributed by atoms with Gasteiger partial charge in [-0.3, -0.25) is 0 Å². The maximum Gasteiger partial charge on any atom is 0.408 e. The molecule has 114 valence electrons. The Morgan fingerprint density at radius 2 is 1.70 bits per heavy atom. The molecule has 0 heterocycles. The van der Waals surface area contributed by atoms with Crippen molar-refractivity contribution < 1.29 is 26.2 Å². The van der Waals surface area contributed by atoms with Gasteiger partial charge < -0.3 is 0 Å². The summed E-state index contributed by atoms with van der Waals surface area (Å²) in [6.07, 6.45) is -4.86. The minimum absolute atomic E-state index is 0.357. The number of nitrogens with one attached hydrogen (secondary N) is 1. The summed E-state index contributed by atoms with van der Waals surface area (Å²) in [5.74, 6) is -2.32. The van der Waals surface area contributed by atoms with E-state index in [1.165, 1.54) is 20.8 Å². The molecule has 1 N–H and O–H groups in total. The monoisotopic (exact) mass is 315 g/mol. The van der Waals surface area contributed by atoms with Gasteiger partial charge in [0, 0.05) is 11.6 Å². The lowest BCUT2D eigenvalue weighted by Gasteiger charge is -2.26. The van der Waals surface area contributed by atoms with Crippen LogP contribution in [0.15, 0.2) is 18.2 Å². The lowest BCUT2D eigenvalue weighted by Crippen LogP contribution is -2.42. The van der Waals surface area contributed by atoms with Gasteiger partial charge in [0.1, 0.15) is 17.7 Å².